The lowest BCUT2D eigenvalue weighted by atomic mass is 9.50. The molecule has 220 valence electrons. The number of aliphatic hydroxyl groups excluding tert-OH is 2. The molecule has 2 spiro atoms. The Morgan fingerprint density at radius 3 is 2.52 bits per heavy atom. The van der Waals surface area contributed by atoms with Crippen molar-refractivity contribution < 1.29 is 53.0 Å². The number of rotatable bonds is 1. The quantitative estimate of drug-likeness (QED) is 0.344. The van der Waals surface area contributed by atoms with Gasteiger partial charge in [-0.2, -0.15) is 0 Å². The lowest BCUT2D eigenvalue weighted by Crippen LogP contribution is -2.69. The SMILES string of the molecule is C[C@@H](O)[C@H]1/C=C\C=C/C(=O)O[C@@H]2C[C@H]3O[C@@H]4[C@@H]5O[C@]5(C)CC[C@]4(COC(=O)[C@H]4O[C@]4(C)[C@@H](O)CO1)[C@]2(C)[C@@]31CO1. The third-order valence-corrected chi connectivity index (χ3v) is 11.1. The first kappa shape index (κ1) is 27.0. The fourth-order valence-electron chi connectivity index (χ4n) is 8.09. The minimum absolute atomic E-state index is 0.0139. The van der Waals surface area contributed by atoms with Gasteiger partial charge in [-0.05, 0) is 33.6 Å². The van der Waals surface area contributed by atoms with Crippen LogP contribution in [0.3, 0.4) is 0 Å². The van der Waals surface area contributed by atoms with Gasteiger partial charge in [0.15, 0.2) is 6.10 Å². The van der Waals surface area contributed by atoms with Crippen molar-refractivity contribution in [1.29, 1.82) is 0 Å². The first-order chi connectivity index (χ1) is 18.9. The van der Waals surface area contributed by atoms with Gasteiger partial charge in [-0.3, -0.25) is 0 Å². The third kappa shape index (κ3) is 3.55. The number of aliphatic hydroxyl groups is 2. The van der Waals surface area contributed by atoms with E-state index in [1.54, 1.807) is 26.0 Å². The molecular weight excluding hydrogens is 524 g/mol. The molecule has 7 rings (SSSR count). The predicted octanol–water partition coefficient (Wildman–Crippen LogP) is 0.736. The smallest absolute Gasteiger partial charge is 0.338 e. The second-order valence-electron chi connectivity index (χ2n) is 13.2. The molecule has 0 radical (unpaired) electrons. The van der Waals surface area contributed by atoms with E-state index in [-0.39, 0.29) is 37.1 Å². The van der Waals surface area contributed by atoms with Gasteiger partial charge < -0.3 is 43.4 Å². The first-order valence-corrected chi connectivity index (χ1v) is 14.3. The van der Waals surface area contributed by atoms with Crippen LogP contribution in [0, 0.1) is 10.8 Å². The van der Waals surface area contributed by atoms with Crippen molar-refractivity contribution in [3.8, 4) is 0 Å². The van der Waals surface area contributed by atoms with Crippen LogP contribution in [0.15, 0.2) is 24.3 Å². The van der Waals surface area contributed by atoms with Crippen molar-refractivity contribution >= 4 is 11.9 Å². The van der Waals surface area contributed by atoms with Gasteiger partial charge >= 0.3 is 11.9 Å². The zero-order chi connectivity index (χ0) is 28.3. The van der Waals surface area contributed by atoms with E-state index < -0.39 is 64.5 Å². The van der Waals surface area contributed by atoms with E-state index in [0.29, 0.717) is 19.4 Å². The van der Waals surface area contributed by atoms with E-state index in [2.05, 4.69) is 13.8 Å². The molecule has 2 bridgehead atoms. The maximum atomic E-state index is 13.4. The maximum absolute atomic E-state index is 13.4. The minimum atomic E-state index is -1.18. The molecule has 0 aromatic heterocycles. The highest BCUT2D eigenvalue weighted by atomic mass is 16.7. The van der Waals surface area contributed by atoms with Crippen LogP contribution in [0.2, 0.25) is 0 Å². The van der Waals surface area contributed by atoms with Crippen molar-refractivity contribution in [2.45, 2.75) is 113 Å². The highest BCUT2D eigenvalue weighted by molar-refractivity contribution is 5.82. The molecule has 7 aliphatic rings. The topological polar surface area (TPSA) is 149 Å². The summed E-state index contributed by atoms with van der Waals surface area (Å²) in [6, 6.07) is 0. The van der Waals surface area contributed by atoms with Crippen LogP contribution in [0.4, 0.5) is 0 Å². The number of carbonyl (C=O) groups is 2. The molecule has 11 heteroatoms. The number of ether oxygens (including phenoxy) is 7. The molecule has 2 N–H and O–H groups in total. The van der Waals surface area contributed by atoms with Crippen LogP contribution < -0.4 is 0 Å². The number of hydrogen-bond acceptors (Lipinski definition) is 11. The zero-order valence-electron chi connectivity index (χ0n) is 23.2. The molecule has 5 heterocycles. The number of hydrogen-bond donors (Lipinski definition) is 2. The molecule has 11 nitrogen and oxygen atoms in total. The largest absolute Gasteiger partial charge is 0.463 e. The Bertz CT molecular complexity index is 1160. The lowest BCUT2D eigenvalue weighted by Gasteiger charge is -2.58. The van der Waals surface area contributed by atoms with Gasteiger partial charge in [0.25, 0.3) is 0 Å². The lowest BCUT2D eigenvalue weighted by molar-refractivity contribution is -0.251. The standard InChI is InChI=1S/C29H38O11/c1-15(30)16-7-5-6-8-20(32)37-18-11-19-29(14-36-29)27(18,4)28(10-9-25(2)21(39-25)22(28)38-19)13-35-24(33)23-26(3,40-23)17(31)12-34-16/h5-8,15-19,21-23,30-31H,9-14H2,1-4H3/b7-5-,8-6-/t15-,16-,17+,18-,19-,21+,22-,23-,25-,26-,27-,28-,29-/m1/s1. The Morgan fingerprint density at radius 2 is 1.80 bits per heavy atom. The van der Waals surface area contributed by atoms with E-state index in [9.17, 15) is 19.8 Å². The number of carbonyl (C=O) groups excluding carboxylic acids is 2. The van der Waals surface area contributed by atoms with E-state index in [1.165, 1.54) is 12.2 Å². The highest BCUT2D eigenvalue weighted by Gasteiger charge is 2.86. The Labute approximate surface area is 232 Å². The third-order valence-electron chi connectivity index (χ3n) is 11.1. The number of epoxide rings is 3. The van der Waals surface area contributed by atoms with Crippen LogP contribution >= 0.6 is 0 Å². The van der Waals surface area contributed by atoms with Crippen LogP contribution in [0.25, 0.3) is 0 Å². The second-order valence-corrected chi connectivity index (χ2v) is 13.2. The van der Waals surface area contributed by atoms with Gasteiger partial charge in [-0.25, -0.2) is 9.59 Å². The van der Waals surface area contributed by atoms with Gasteiger partial charge in [-0.1, -0.05) is 25.2 Å². The summed E-state index contributed by atoms with van der Waals surface area (Å²) in [6.07, 6.45) is 2.83. The molecule has 2 saturated carbocycles. The summed E-state index contributed by atoms with van der Waals surface area (Å²) in [5, 5.41) is 20.9. The van der Waals surface area contributed by atoms with Gasteiger partial charge in [0.1, 0.15) is 42.2 Å². The summed E-state index contributed by atoms with van der Waals surface area (Å²) in [5.41, 5.74) is -3.54. The Balaban J connectivity index is 1.25. The first-order valence-electron chi connectivity index (χ1n) is 14.3. The summed E-state index contributed by atoms with van der Waals surface area (Å²) in [4.78, 5) is 26.4. The van der Waals surface area contributed by atoms with Crippen molar-refractivity contribution in [3.05, 3.63) is 24.3 Å². The van der Waals surface area contributed by atoms with Crippen LogP contribution in [-0.4, -0.2) is 108 Å². The molecule has 40 heavy (non-hydrogen) atoms. The Morgan fingerprint density at radius 1 is 1.02 bits per heavy atom. The van der Waals surface area contributed by atoms with Crippen molar-refractivity contribution in [2.75, 3.05) is 19.8 Å². The van der Waals surface area contributed by atoms with Crippen LogP contribution in [0.1, 0.15) is 47.0 Å². The molecule has 13 atom stereocenters. The Hall–Kier alpha value is -1.86. The molecule has 6 fully saturated rings. The number of cyclic esters (lactones) is 1. The van der Waals surface area contributed by atoms with Crippen LogP contribution in [-0.2, 0) is 42.7 Å². The minimum Gasteiger partial charge on any atom is -0.463 e. The van der Waals surface area contributed by atoms with E-state index in [0.717, 1.165) is 6.42 Å². The van der Waals surface area contributed by atoms with Crippen molar-refractivity contribution in [2.24, 2.45) is 10.8 Å². The molecule has 4 saturated heterocycles. The van der Waals surface area contributed by atoms with Gasteiger partial charge in [-0.15, -0.1) is 0 Å². The average molecular weight is 563 g/mol. The van der Waals surface area contributed by atoms with E-state index >= 15 is 0 Å². The van der Waals surface area contributed by atoms with Gasteiger partial charge in [0.2, 0.25) is 0 Å². The summed E-state index contributed by atoms with van der Waals surface area (Å²) in [5.74, 6) is -1.10. The molecule has 0 amide bonds. The summed E-state index contributed by atoms with van der Waals surface area (Å²) < 4.78 is 42.6. The zero-order valence-corrected chi connectivity index (χ0v) is 23.2. The fraction of sp³-hybridized carbons (Fsp3) is 0.793. The number of esters is 2. The highest BCUT2D eigenvalue weighted by Crippen LogP contribution is 2.75. The summed E-state index contributed by atoms with van der Waals surface area (Å²) in [6.45, 7) is 7.67. The molecule has 0 unspecified atom stereocenters. The average Bonchev–Trinajstić information content (AvgIpc) is 3.81. The van der Waals surface area contributed by atoms with Gasteiger partial charge in [0.05, 0.1) is 42.5 Å². The normalized spacial score (nSPS) is 57.2. The molecule has 2 aliphatic carbocycles. The molecule has 0 aromatic rings. The monoisotopic (exact) mass is 562 g/mol. The summed E-state index contributed by atoms with van der Waals surface area (Å²) >= 11 is 0. The predicted molar refractivity (Wildman–Crippen MR) is 135 cm³/mol. The second kappa shape index (κ2) is 8.59. The fourth-order valence-corrected chi connectivity index (χ4v) is 8.09. The van der Waals surface area contributed by atoms with Crippen LogP contribution in [0.5, 0.6) is 0 Å². The molecular formula is C29H38O11. The Kier molecular flexibility index (Phi) is 5.80. The van der Waals surface area contributed by atoms with Crippen molar-refractivity contribution in [1.82, 2.24) is 0 Å². The van der Waals surface area contributed by atoms with Crippen molar-refractivity contribution in [3.63, 3.8) is 0 Å². The number of allylic oxidation sites excluding steroid dienone is 2. The van der Waals surface area contributed by atoms with E-state index in [1.807, 2.05) is 0 Å². The maximum Gasteiger partial charge on any atom is 0.338 e. The van der Waals surface area contributed by atoms with Gasteiger partial charge in [0, 0.05) is 17.9 Å². The summed E-state index contributed by atoms with van der Waals surface area (Å²) in [7, 11) is 0. The molecule has 5 aliphatic heterocycles. The number of fused-ring (bicyclic) bond motifs is 3. The molecule has 0 aromatic carbocycles. The van der Waals surface area contributed by atoms with E-state index in [4.69, 9.17) is 33.2 Å².